The molecule has 1 aromatic carbocycles. The SMILES string of the molecule is Fc1ccc(-c2ccc(F)nc2CBr)cc1. The van der Waals surface area contributed by atoms with E-state index in [0.29, 0.717) is 11.0 Å². The first-order valence-corrected chi connectivity index (χ1v) is 5.80. The van der Waals surface area contributed by atoms with Gasteiger partial charge in [0.15, 0.2) is 0 Å². The summed E-state index contributed by atoms with van der Waals surface area (Å²) in [4.78, 5) is 3.78. The van der Waals surface area contributed by atoms with Gasteiger partial charge >= 0.3 is 0 Å². The highest BCUT2D eigenvalue weighted by molar-refractivity contribution is 9.08. The summed E-state index contributed by atoms with van der Waals surface area (Å²) in [6.07, 6.45) is 0. The van der Waals surface area contributed by atoms with Gasteiger partial charge in [0.2, 0.25) is 5.95 Å². The summed E-state index contributed by atoms with van der Waals surface area (Å²) in [6, 6.07) is 8.98. The van der Waals surface area contributed by atoms with Crippen molar-refractivity contribution in [1.82, 2.24) is 4.98 Å². The van der Waals surface area contributed by atoms with E-state index in [-0.39, 0.29) is 5.82 Å². The lowest BCUT2D eigenvalue weighted by Crippen LogP contribution is -1.93. The maximum atomic E-state index is 12.9. The van der Waals surface area contributed by atoms with E-state index in [1.807, 2.05) is 0 Å². The van der Waals surface area contributed by atoms with E-state index in [1.165, 1.54) is 18.2 Å². The van der Waals surface area contributed by atoms with Gasteiger partial charge in [-0.2, -0.15) is 4.39 Å². The molecule has 0 N–H and O–H groups in total. The molecule has 0 spiro atoms. The van der Waals surface area contributed by atoms with Gasteiger partial charge in [-0.3, -0.25) is 0 Å². The van der Waals surface area contributed by atoms with Crippen LogP contribution >= 0.6 is 15.9 Å². The molecule has 0 amide bonds. The molecule has 82 valence electrons. The molecule has 1 heterocycles. The average Bonchev–Trinajstić information content (AvgIpc) is 2.30. The minimum absolute atomic E-state index is 0.292. The van der Waals surface area contributed by atoms with Gasteiger partial charge in [-0.1, -0.05) is 28.1 Å². The minimum atomic E-state index is -0.514. The predicted molar refractivity (Wildman–Crippen MR) is 62.2 cm³/mol. The first-order valence-electron chi connectivity index (χ1n) is 4.68. The van der Waals surface area contributed by atoms with Gasteiger partial charge in [-0.25, -0.2) is 9.37 Å². The third kappa shape index (κ3) is 2.27. The quantitative estimate of drug-likeness (QED) is 0.601. The maximum absolute atomic E-state index is 12.9. The molecule has 0 atom stereocenters. The van der Waals surface area contributed by atoms with Gasteiger partial charge in [-0.05, 0) is 29.8 Å². The number of alkyl halides is 1. The van der Waals surface area contributed by atoms with E-state index in [9.17, 15) is 8.78 Å². The molecule has 0 aliphatic rings. The summed E-state index contributed by atoms with van der Waals surface area (Å²) in [5.41, 5.74) is 2.23. The van der Waals surface area contributed by atoms with Gasteiger partial charge in [0, 0.05) is 10.9 Å². The van der Waals surface area contributed by atoms with Gasteiger partial charge in [-0.15, -0.1) is 0 Å². The van der Waals surface area contributed by atoms with Crippen LogP contribution < -0.4 is 0 Å². The van der Waals surface area contributed by atoms with Crippen molar-refractivity contribution in [3.8, 4) is 11.1 Å². The van der Waals surface area contributed by atoms with Crippen molar-refractivity contribution in [3.63, 3.8) is 0 Å². The molecular formula is C12H8BrF2N. The zero-order chi connectivity index (χ0) is 11.5. The van der Waals surface area contributed by atoms with E-state index in [2.05, 4.69) is 20.9 Å². The lowest BCUT2D eigenvalue weighted by atomic mass is 10.0. The molecule has 0 radical (unpaired) electrons. The summed E-state index contributed by atoms with van der Waals surface area (Å²) in [7, 11) is 0. The smallest absolute Gasteiger partial charge is 0.213 e. The third-order valence-corrected chi connectivity index (χ3v) is 2.75. The van der Waals surface area contributed by atoms with E-state index < -0.39 is 5.95 Å². The van der Waals surface area contributed by atoms with Crippen LogP contribution in [0.25, 0.3) is 11.1 Å². The van der Waals surface area contributed by atoms with Crippen LogP contribution in [0.4, 0.5) is 8.78 Å². The molecule has 2 aromatic rings. The predicted octanol–water partition coefficient (Wildman–Crippen LogP) is 3.92. The molecule has 1 nitrogen and oxygen atoms in total. The average molecular weight is 284 g/mol. The van der Waals surface area contributed by atoms with Crippen molar-refractivity contribution >= 4 is 15.9 Å². The molecule has 0 saturated carbocycles. The Bertz CT molecular complexity index is 497. The Kier molecular flexibility index (Phi) is 3.29. The standard InChI is InChI=1S/C12H8BrF2N/c13-7-11-10(5-6-12(15)16-11)8-1-3-9(14)4-2-8/h1-6H,7H2. The highest BCUT2D eigenvalue weighted by atomic mass is 79.9. The van der Waals surface area contributed by atoms with Crippen molar-refractivity contribution in [2.75, 3.05) is 0 Å². The zero-order valence-electron chi connectivity index (χ0n) is 8.25. The number of rotatable bonds is 2. The van der Waals surface area contributed by atoms with Crippen LogP contribution in [0.1, 0.15) is 5.69 Å². The van der Waals surface area contributed by atoms with Crippen molar-refractivity contribution in [1.29, 1.82) is 0 Å². The lowest BCUT2D eigenvalue weighted by Gasteiger charge is -2.06. The molecule has 16 heavy (non-hydrogen) atoms. The summed E-state index contributed by atoms with van der Waals surface area (Å²) in [6.45, 7) is 0. The Balaban J connectivity index is 2.51. The maximum Gasteiger partial charge on any atom is 0.213 e. The second kappa shape index (κ2) is 4.70. The highest BCUT2D eigenvalue weighted by Gasteiger charge is 2.07. The van der Waals surface area contributed by atoms with E-state index >= 15 is 0 Å². The Morgan fingerprint density at radius 2 is 1.69 bits per heavy atom. The largest absolute Gasteiger partial charge is 0.223 e. The fraction of sp³-hybridized carbons (Fsp3) is 0.0833. The fourth-order valence-electron chi connectivity index (χ4n) is 1.47. The van der Waals surface area contributed by atoms with Crippen LogP contribution in [0.5, 0.6) is 0 Å². The number of hydrogen-bond donors (Lipinski definition) is 0. The molecule has 0 bridgehead atoms. The summed E-state index contributed by atoms with van der Waals surface area (Å²) in [5, 5.41) is 0.456. The van der Waals surface area contributed by atoms with Crippen LogP contribution in [-0.4, -0.2) is 4.98 Å². The lowest BCUT2D eigenvalue weighted by molar-refractivity contribution is 0.580. The first-order chi connectivity index (χ1) is 7.70. The molecule has 0 saturated heterocycles. The molecule has 1 aromatic heterocycles. The fourth-order valence-corrected chi connectivity index (χ4v) is 1.90. The second-order valence-electron chi connectivity index (χ2n) is 3.27. The zero-order valence-corrected chi connectivity index (χ0v) is 9.84. The van der Waals surface area contributed by atoms with E-state index in [0.717, 1.165) is 11.1 Å². The van der Waals surface area contributed by atoms with Crippen molar-refractivity contribution in [2.24, 2.45) is 0 Å². The third-order valence-electron chi connectivity index (χ3n) is 2.22. The van der Waals surface area contributed by atoms with Gasteiger partial charge in [0.1, 0.15) is 5.82 Å². The molecule has 0 aliphatic heterocycles. The van der Waals surface area contributed by atoms with Gasteiger partial charge < -0.3 is 0 Å². The number of pyridine rings is 1. The van der Waals surface area contributed by atoms with Crippen LogP contribution in [0.15, 0.2) is 36.4 Å². The normalized spacial score (nSPS) is 10.4. The number of halogens is 3. The summed E-state index contributed by atoms with van der Waals surface area (Å²) < 4.78 is 25.7. The van der Waals surface area contributed by atoms with Crippen LogP contribution in [0.3, 0.4) is 0 Å². The highest BCUT2D eigenvalue weighted by Crippen LogP contribution is 2.24. The summed E-state index contributed by atoms with van der Waals surface area (Å²) in [5.74, 6) is -0.806. The molecule has 0 aliphatic carbocycles. The van der Waals surface area contributed by atoms with Crippen molar-refractivity contribution in [2.45, 2.75) is 5.33 Å². The topological polar surface area (TPSA) is 12.9 Å². The number of aromatic nitrogens is 1. The first kappa shape index (κ1) is 11.2. The van der Waals surface area contributed by atoms with Gasteiger partial charge in [0.05, 0.1) is 5.69 Å². The van der Waals surface area contributed by atoms with Crippen LogP contribution in [0.2, 0.25) is 0 Å². The van der Waals surface area contributed by atoms with Gasteiger partial charge in [0.25, 0.3) is 0 Å². The summed E-state index contributed by atoms with van der Waals surface area (Å²) >= 11 is 3.25. The molecule has 2 rings (SSSR count). The van der Waals surface area contributed by atoms with E-state index in [1.54, 1.807) is 18.2 Å². The molecule has 0 fully saturated rings. The van der Waals surface area contributed by atoms with Crippen LogP contribution in [-0.2, 0) is 5.33 Å². The number of nitrogens with zero attached hydrogens (tertiary/aromatic N) is 1. The Hall–Kier alpha value is -1.29. The number of hydrogen-bond acceptors (Lipinski definition) is 1. The van der Waals surface area contributed by atoms with Crippen LogP contribution in [0, 0.1) is 11.8 Å². The molecule has 0 unspecified atom stereocenters. The minimum Gasteiger partial charge on any atom is -0.223 e. The Labute approximate surface area is 100 Å². The van der Waals surface area contributed by atoms with Crippen molar-refractivity contribution < 1.29 is 8.78 Å². The number of benzene rings is 1. The second-order valence-corrected chi connectivity index (χ2v) is 3.83. The molecular weight excluding hydrogens is 276 g/mol. The monoisotopic (exact) mass is 283 g/mol. The van der Waals surface area contributed by atoms with E-state index in [4.69, 9.17) is 0 Å². The Morgan fingerprint density at radius 1 is 1.00 bits per heavy atom. The Morgan fingerprint density at radius 3 is 2.31 bits per heavy atom. The molecule has 4 heteroatoms. The van der Waals surface area contributed by atoms with Crippen molar-refractivity contribution in [3.05, 3.63) is 53.9 Å².